The Morgan fingerprint density at radius 3 is 2.84 bits per heavy atom. The molecule has 3 N–H and O–H groups in total. The van der Waals surface area contributed by atoms with Gasteiger partial charge < -0.3 is 15.4 Å². The van der Waals surface area contributed by atoms with Gasteiger partial charge in [-0.05, 0) is 46.5 Å². The largest absolute Gasteiger partial charge is 0.443 e. The van der Waals surface area contributed by atoms with Crippen molar-refractivity contribution in [3.8, 4) is 11.1 Å². The van der Waals surface area contributed by atoms with Crippen molar-refractivity contribution in [1.29, 1.82) is 0 Å². The predicted octanol–water partition coefficient (Wildman–Crippen LogP) is 4.08. The number of nitrogens with zero attached hydrogens (tertiary/aromatic N) is 6. The molecule has 11 nitrogen and oxygen atoms in total. The average molecular weight is 508 g/mol. The number of hydrogen-bond donors (Lipinski definition) is 3. The van der Waals surface area contributed by atoms with Crippen molar-refractivity contribution in [1.82, 2.24) is 39.7 Å². The molecular weight excluding hydrogens is 477 g/mol. The molecule has 2 aliphatic rings. The Kier molecular flexibility index (Phi) is 5.42. The number of fused-ring (bicyclic) bond motifs is 1. The Bertz CT molecular complexity index is 1480. The van der Waals surface area contributed by atoms with Gasteiger partial charge in [-0.25, -0.2) is 19.2 Å². The minimum Gasteiger partial charge on any atom is -0.443 e. The predicted molar refractivity (Wildman–Crippen MR) is 134 cm³/mol. The van der Waals surface area contributed by atoms with Crippen molar-refractivity contribution in [3.05, 3.63) is 41.7 Å². The van der Waals surface area contributed by atoms with Crippen LogP contribution in [0.1, 0.15) is 55.6 Å². The number of imidazole rings is 1. The second-order valence-corrected chi connectivity index (χ2v) is 10.4. The molecule has 0 unspecified atom stereocenters. The zero-order valence-electron chi connectivity index (χ0n) is 21.2. The van der Waals surface area contributed by atoms with Gasteiger partial charge in [-0.2, -0.15) is 10.2 Å². The number of anilines is 2. The number of H-pyrrole nitrogens is 1. The number of nitrogens with one attached hydrogen (secondary N) is 3. The number of hydrogen-bond acceptors (Lipinski definition) is 7. The lowest BCUT2D eigenvalue weighted by molar-refractivity contribution is 0.0546. The van der Waals surface area contributed by atoms with E-state index in [9.17, 15) is 4.79 Å². The van der Waals surface area contributed by atoms with Crippen LogP contribution in [-0.4, -0.2) is 58.3 Å². The highest BCUT2D eigenvalue weighted by molar-refractivity contribution is 5.82. The van der Waals surface area contributed by atoms with Crippen LogP contribution in [0, 0.1) is 13.8 Å². The van der Waals surface area contributed by atoms with Crippen molar-refractivity contribution in [2.75, 3.05) is 5.32 Å². The quantitative estimate of drug-likeness (QED) is 0.359. The Hall–Kier alpha value is -3.96. The summed E-state index contributed by atoms with van der Waals surface area (Å²) in [6, 6.07) is 1.78. The minimum atomic E-state index is -1.31. The highest BCUT2D eigenvalue weighted by Crippen LogP contribution is 2.40. The number of rotatable bonds is 6. The van der Waals surface area contributed by atoms with E-state index < -0.39 is 24.3 Å². The number of alkyl halides is 1. The van der Waals surface area contributed by atoms with Gasteiger partial charge in [0.25, 0.3) is 0 Å². The highest BCUT2D eigenvalue weighted by atomic mass is 19.1. The lowest BCUT2D eigenvalue weighted by Gasteiger charge is -2.19. The SMILES string of the molecule is Cc1nc(Nc2cc([C@@H]3CC[C@H](OC(=O)NC4(C)CC4)[C@H]3F)[nH]n2)n2ccnc2c1-c1cnn(C)c1C. The summed E-state index contributed by atoms with van der Waals surface area (Å²) >= 11 is 0. The van der Waals surface area contributed by atoms with Crippen LogP contribution in [0.4, 0.5) is 21.0 Å². The number of aryl methyl sites for hydroxylation is 2. The topological polar surface area (TPSA) is 127 Å². The van der Waals surface area contributed by atoms with E-state index in [4.69, 9.17) is 9.72 Å². The number of aromatic amines is 1. The maximum Gasteiger partial charge on any atom is 0.407 e. The Morgan fingerprint density at radius 1 is 1.30 bits per heavy atom. The van der Waals surface area contributed by atoms with Gasteiger partial charge in [-0.15, -0.1) is 0 Å². The van der Waals surface area contributed by atoms with E-state index in [0.717, 1.165) is 41.0 Å². The smallest absolute Gasteiger partial charge is 0.407 e. The van der Waals surface area contributed by atoms with Gasteiger partial charge in [-0.3, -0.25) is 14.2 Å². The number of aromatic nitrogens is 7. The number of carbonyl (C=O) groups excluding carboxylic acids is 1. The number of carbonyl (C=O) groups is 1. The van der Waals surface area contributed by atoms with E-state index in [1.165, 1.54) is 0 Å². The zero-order chi connectivity index (χ0) is 25.9. The number of halogens is 1. The first kappa shape index (κ1) is 23.4. The third-order valence-corrected chi connectivity index (χ3v) is 7.63. The Labute approximate surface area is 212 Å². The number of alkyl carbamates (subject to hydrolysis) is 1. The van der Waals surface area contributed by atoms with Crippen LogP contribution in [0.2, 0.25) is 0 Å². The lowest BCUT2D eigenvalue weighted by Crippen LogP contribution is -2.38. The van der Waals surface area contributed by atoms with Gasteiger partial charge in [0.15, 0.2) is 5.82 Å². The highest BCUT2D eigenvalue weighted by Gasteiger charge is 2.43. The summed E-state index contributed by atoms with van der Waals surface area (Å²) in [6.07, 6.45) is 5.60. The van der Waals surface area contributed by atoms with Crippen LogP contribution >= 0.6 is 0 Å². The molecule has 194 valence electrons. The summed E-state index contributed by atoms with van der Waals surface area (Å²) in [5.41, 5.74) is 4.91. The molecular formula is C25H30FN9O2. The first-order valence-corrected chi connectivity index (χ1v) is 12.5. The fourth-order valence-corrected chi connectivity index (χ4v) is 5.04. The Morgan fingerprint density at radius 2 is 2.11 bits per heavy atom. The van der Waals surface area contributed by atoms with Crippen LogP contribution in [0.15, 0.2) is 24.7 Å². The van der Waals surface area contributed by atoms with E-state index in [1.54, 1.807) is 12.3 Å². The molecule has 2 saturated carbocycles. The van der Waals surface area contributed by atoms with Gasteiger partial charge in [-0.1, -0.05) is 0 Å². The molecule has 2 fully saturated rings. The van der Waals surface area contributed by atoms with Crippen molar-refractivity contribution < 1.29 is 13.9 Å². The monoisotopic (exact) mass is 507 g/mol. The molecule has 12 heteroatoms. The zero-order valence-corrected chi connectivity index (χ0v) is 21.2. The Balaban J connectivity index is 1.19. The minimum absolute atomic E-state index is 0.201. The van der Waals surface area contributed by atoms with Gasteiger partial charge >= 0.3 is 6.09 Å². The van der Waals surface area contributed by atoms with Gasteiger partial charge in [0.2, 0.25) is 5.95 Å². The third-order valence-electron chi connectivity index (χ3n) is 7.63. The van der Waals surface area contributed by atoms with Crippen LogP contribution in [0.25, 0.3) is 16.8 Å². The number of ether oxygens (including phenoxy) is 1. The summed E-state index contributed by atoms with van der Waals surface area (Å²) in [5, 5.41) is 17.7. The third kappa shape index (κ3) is 4.19. The molecule has 0 radical (unpaired) electrons. The van der Waals surface area contributed by atoms with Gasteiger partial charge in [0, 0.05) is 59.5 Å². The summed E-state index contributed by atoms with van der Waals surface area (Å²) in [7, 11) is 1.90. The van der Waals surface area contributed by atoms with Crippen molar-refractivity contribution in [2.45, 2.75) is 70.2 Å². The fourth-order valence-electron chi connectivity index (χ4n) is 5.04. The van der Waals surface area contributed by atoms with Crippen LogP contribution in [0.5, 0.6) is 0 Å². The average Bonchev–Trinajstić information content (AvgIpc) is 3.31. The number of amides is 1. The fraction of sp³-hybridized carbons (Fsp3) is 0.480. The summed E-state index contributed by atoms with van der Waals surface area (Å²) in [4.78, 5) is 21.5. The van der Waals surface area contributed by atoms with Crippen molar-refractivity contribution in [2.24, 2.45) is 7.05 Å². The molecule has 0 saturated heterocycles. The van der Waals surface area contributed by atoms with Crippen molar-refractivity contribution in [3.63, 3.8) is 0 Å². The van der Waals surface area contributed by atoms with E-state index in [0.29, 0.717) is 30.3 Å². The van der Waals surface area contributed by atoms with Crippen molar-refractivity contribution >= 4 is 23.5 Å². The van der Waals surface area contributed by atoms with E-state index in [2.05, 4.69) is 30.9 Å². The van der Waals surface area contributed by atoms with E-state index >= 15 is 4.39 Å². The standard InChI is InChI=1S/C25H30FN9O2/c1-13-20(16-12-28-34(4)14(16)2)22-27-9-10-35(22)23(29-13)30-19-11-17(32-33-19)15-5-6-18(21(15)26)37-24(36)31-25(3)7-8-25/h9-12,15,18,21H,5-8H2,1-4H3,(H,31,36)(H2,29,30,32,33)/t15-,18-,21-/m0/s1. The molecule has 3 atom stereocenters. The van der Waals surface area contributed by atoms with Crippen LogP contribution in [-0.2, 0) is 11.8 Å². The molecule has 4 aromatic heterocycles. The second-order valence-electron chi connectivity index (χ2n) is 10.4. The summed E-state index contributed by atoms with van der Waals surface area (Å²) < 4.78 is 24.3. The maximum absolute atomic E-state index is 15.2. The van der Waals surface area contributed by atoms with Gasteiger partial charge in [0.1, 0.15) is 17.9 Å². The van der Waals surface area contributed by atoms with Crippen LogP contribution in [0.3, 0.4) is 0 Å². The molecule has 4 heterocycles. The molecule has 4 aromatic rings. The second kappa shape index (κ2) is 8.56. The maximum atomic E-state index is 15.2. The van der Waals surface area contributed by atoms with E-state index in [-0.39, 0.29) is 5.54 Å². The van der Waals surface area contributed by atoms with Crippen LogP contribution < -0.4 is 10.6 Å². The molecule has 0 spiro atoms. The molecule has 2 aliphatic carbocycles. The summed E-state index contributed by atoms with van der Waals surface area (Å²) in [5.74, 6) is 0.623. The first-order valence-electron chi connectivity index (χ1n) is 12.5. The first-order chi connectivity index (χ1) is 17.7. The molecule has 1 amide bonds. The van der Waals surface area contributed by atoms with E-state index in [1.807, 2.05) is 49.3 Å². The normalized spacial score (nSPS) is 22.4. The molecule has 0 aromatic carbocycles. The molecule has 37 heavy (non-hydrogen) atoms. The molecule has 0 bridgehead atoms. The van der Waals surface area contributed by atoms with Gasteiger partial charge in [0.05, 0.1) is 11.9 Å². The molecule has 6 rings (SSSR count). The molecule has 0 aliphatic heterocycles. The lowest BCUT2D eigenvalue weighted by atomic mass is 10.0. The summed E-state index contributed by atoms with van der Waals surface area (Å²) in [6.45, 7) is 5.90.